The Kier molecular flexibility index (Phi) is 10.6. The molecule has 0 radical (unpaired) electrons. The second-order valence-corrected chi connectivity index (χ2v) is 14.7. The van der Waals surface area contributed by atoms with Gasteiger partial charge in [-0.05, 0) is 69.7 Å². The Balaban J connectivity index is 1.43. The first-order valence-electron chi connectivity index (χ1n) is 16.9. The fourth-order valence-corrected chi connectivity index (χ4v) is 8.98. The highest BCUT2D eigenvalue weighted by Crippen LogP contribution is 2.51. The van der Waals surface area contributed by atoms with E-state index in [2.05, 4.69) is 27.0 Å². The number of rotatable bonds is 10. The van der Waals surface area contributed by atoms with Crippen LogP contribution in [0.25, 0.3) is 0 Å². The molecule has 0 bridgehead atoms. The van der Waals surface area contributed by atoms with Gasteiger partial charge < -0.3 is 29.3 Å². The average molecular weight is 745 g/mol. The highest BCUT2D eigenvalue weighted by molar-refractivity contribution is 7.93. The molecule has 2 aromatic carbocycles. The van der Waals surface area contributed by atoms with Crippen LogP contribution in [0.1, 0.15) is 37.8 Å². The van der Waals surface area contributed by atoms with Gasteiger partial charge in [0.15, 0.2) is 5.54 Å². The zero-order valence-electron chi connectivity index (χ0n) is 29.0. The van der Waals surface area contributed by atoms with E-state index < -0.39 is 33.3 Å². The summed E-state index contributed by atoms with van der Waals surface area (Å²) >= 11 is 6.34. The van der Waals surface area contributed by atoms with Crippen LogP contribution in [0.5, 0.6) is 17.4 Å². The largest absolute Gasteiger partial charge is 0.497 e. The zero-order valence-corrected chi connectivity index (χ0v) is 30.6. The van der Waals surface area contributed by atoms with E-state index in [1.165, 1.54) is 50.7 Å². The van der Waals surface area contributed by atoms with E-state index in [1.807, 2.05) is 0 Å². The molecule has 0 saturated carbocycles. The third-order valence-electron chi connectivity index (χ3n) is 9.93. The number of pyridine rings is 1. The maximum Gasteiger partial charge on any atom is 0.318 e. The molecular weight excluding hydrogens is 703 g/mol. The number of piperidine rings is 1. The van der Waals surface area contributed by atoms with Crippen molar-refractivity contribution in [2.45, 2.75) is 43.2 Å². The lowest BCUT2D eigenvalue weighted by atomic mass is 9.84. The number of aromatic nitrogens is 1. The summed E-state index contributed by atoms with van der Waals surface area (Å²) in [4.78, 5) is 39.8. The van der Waals surface area contributed by atoms with Gasteiger partial charge in [0.25, 0.3) is 15.9 Å². The number of sulfonamides is 1. The summed E-state index contributed by atoms with van der Waals surface area (Å²) in [7, 11) is -2.15. The normalized spacial score (nSPS) is 20.3. The Morgan fingerprint density at radius 1 is 1.02 bits per heavy atom. The van der Waals surface area contributed by atoms with E-state index >= 15 is 9.18 Å². The van der Waals surface area contributed by atoms with Gasteiger partial charge in [0.2, 0.25) is 5.88 Å². The molecule has 1 N–H and O–H groups in total. The predicted octanol–water partition coefficient (Wildman–Crippen LogP) is 4.08. The summed E-state index contributed by atoms with van der Waals surface area (Å²) < 4.78 is 61.4. The fourth-order valence-electron chi connectivity index (χ4n) is 7.21. The summed E-state index contributed by atoms with van der Waals surface area (Å²) in [5.74, 6) is -1.91. The molecule has 1 atom stereocenters. The number of urea groups is 1. The zero-order chi connectivity index (χ0) is 36.5. The van der Waals surface area contributed by atoms with Gasteiger partial charge >= 0.3 is 6.03 Å². The number of benzene rings is 2. The molecule has 16 heteroatoms. The van der Waals surface area contributed by atoms with Crippen LogP contribution in [0, 0.1) is 5.82 Å². The second-order valence-electron chi connectivity index (χ2n) is 12.5. The summed E-state index contributed by atoms with van der Waals surface area (Å²) in [6.45, 7) is 9.12. The van der Waals surface area contributed by atoms with E-state index in [-0.39, 0.29) is 45.0 Å². The first-order valence-corrected chi connectivity index (χ1v) is 18.7. The Labute approximate surface area is 302 Å². The Bertz CT molecular complexity index is 1900. The minimum Gasteiger partial charge on any atom is -0.497 e. The number of piperazine rings is 1. The van der Waals surface area contributed by atoms with Crippen LogP contribution < -0.4 is 23.8 Å². The Hall–Kier alpha value is -4.18. The van der Waals surface area contributed by atoms with Crippen LogP contribution in [0.4, 0.5) is 14.9 Å². The lowest BCUT2D eigenvalue weighted by molar-refractivity contribution is -0.121. The van der Waals surface area contributed by atoms with E-state index in [4.69, 9.17) is 25.8 Å². The number of amides is 3. The SMILES string of the molecule is CCOc1ncccc1C1(NC(=O)N2CCN(C3CCN(CC)CC3)CC2)C(=O)N(S(=O)(=O)c2ccc(OC)cc2OC)c2cc(F)c(Cl)cc21. The molecule has 4 heterocycles. The highest BCUT2D eigenvalue weighted by Gasteiger charge is 2.59. The highest BCUT2D eigenvalue weighted by atomic mass is 35.5. The van der Waals surface area contributed by atoms with Crippen molar-refractivity contribution >= 4 is 39.2 Å². The van der Waals surface area contributed by atoms with E-state index in [0.717, 1.165) is 44.6 Å². The maximum absolute atomic E-state index is 15.3. The van der Waals surface area contributed by atoms with Crippen LogP contribution in [-0.2, 0) is 20.4 Å². The number of halogens is 2. The monoisotopic (exact) mass is 744 g/mol. The molecule has 1 unspecified atom stereocenters. The van der Waals surface area contributed by atoms with Gasteiger partial charge in [-0.15, -0.1) is 0 Å². The minimum atomic E-state index is -4.83. The number of ether oxygens (including phenoxy) is 3. The summed E-state index contributed by atoms with van der Waals surface area (Å²) in [5, 5.41) is 2.51. The van der Waals surface area contributed by atoms with Gasteiger partial charge in [0.05, 0.1) is 37.1 Å². The third kappa shape index (κ3) is 6.56. The van der Waals surface area contributed by atoms with Crippen molar-refractivity contribution in [1.29, 1.82) is 0 Å². The molecule has 3 aromatic rings. The van der Waals surface area contributed by atoms with Crippen molar-refractivity contribution in [3.63, 3.8) is 0 Å². The number of likely N-dealkylation sites (tertiary alicyclic amines) is 1. The second kappa shape index (κ2) is 14.8. The molecule has 51 heavy (non-hydrogen) atoms. The number of fused-ring (bicyclic) bond motifs is 1. The number of methoxy groups -OCH3 is 2. The van der Waals surface area contributed by atoms with E-state index in [9.17, 15) is 13.2 Å². The van der Waals surface area contributed by atoms with Gasteiger partial charge in [0, 0.05) is 56.1 Å². The van der Waals surface area contributed by atoms with Crippen LogP contribution in [0.3, 0.4) is 0 Å². The fraction of sp³-hybridized carbons (Fsp3) is 0.457. The first-order chi connectivity index (χ1) is 24.5. The molecule has 274 valence electrons. The number of nitrogens with one attached hydrogen (secondary N) is 1. The van der Waals surface area contributed by atoms with Crippen molar-refractivity contribution in [3.05, 3.63) is 70.6 Å². The topological polar surface area (TPSA) is 134 Å². The molecule has 2 fully saturated rings. The van der Waals surface area contributed by atoms with Gasteiger partial charge in [-0.3, -0.25) is 9.69 Å². The molecule has 0 spiro atoms. The van der Waals surface area contributed by atoms with Crippen molar-refractivity contribution in [3.8, 4) is 17.4 Å². The molecule has 6 rings (SSSR count). The average Bonchev–Trinajstić information content (AvgIpc) is 3.38. The third-order valence-corrected chi connectivity index (χ3v) is 12.0. The van der Waals surface area contributed by atoms with Crippen molar-refractivity contribution in [2.24, 2.45) is 0 Å². The van der Waals surface area contributed by atoms with Crippen molar-refractivity contribution in [1.82, 2.24) is 25.0 Å². The van der Waals surface area contributed by atoms with Crippen molar-refractivity contribution < 1.29 is 36.6 Å². The van der Waals surface area contributed by atoms with Crippen LogP contribution in [0.15, 0.2) is 53.6 Å². The number of nitrogens with zero attached hydrogens (tertiary/aromatic N) is 5. The first kappa shape index (κ1) is 36.6. The van der Waals surface area contributed by atoms with Gasteiger partial charge in [-0.25, -0.2) is 22.6 Å². The number of anilines is 1. The smallest absolute Gasteiger partial charge is 0.318 e. The predicted molar refractivity (Wildman–Crippen MR) is 189 cm³/mol. The van der Waals surface area contributed by atoms with E-state index in [1.54, 1.807) is 11.8 Å². The Morgan fingerprint density at radius 3 is 2.39 bits per heavy atom. The molecule has 3 aliphatic rings. The summed E-state index contributed by atoms with van der Waals surface area (Å²) in [5.41, 5.74) is -2.61. The lowest BCUT2D eigenvalue weighted by Gasteiger charge is -2.43. The molecular formula is C35H42ClFN6O7S. The Morgan fingerprint density at radius 2 is 1.75 bits per heavy atom. The van der Waals surface area contributed by atoms with Crippen LogP contribution >= 0.6 is 11.6 Å². The van der Waals surface area contributed by atoms with Crippen molar-refractivity contribution in [2.75, 3.05) is 70.9 Å². The van der Waals surface area contributed by atoms with Crippen LogP contribution in [0.2, 0.25) is 5.02 Å². The molecule has 3 amide bonds. The van der Waals surface area contributed by atoms with Crippen LogP contribution in [-0.4, -0.2) is 113 Å². The minimum absolute atomic E-state index is 0.0236. The summed E-state index contributed by atoms with van der Waals surface area (Å²) in [6, 6.07) is 8.86. The lowest BCUT2D eigenvalue weighted by Crippen LogP contribution is -2.61. The molecule has 2 saturated heterocycles. The quantitative estimate of drug-likeness (QED) is 0.324. The molecule has 1 aromatic heterocycles. The molecule has 3 aliphatic heterocycles. The molecule has 0 aliphatic carbocycles. The number of hydrogen-bond acceptors (Lipinski definition) is 10. The standard InChI is InChI=1S/C35H42ClFN6O7S/c1-5-40-14-11-23(12-15-40)41-16-18-42(19-17-41)34(45)39-35(25-8-7-13-38-32(25)50-6-2)26-21-27(36)28(37)22-29(26)43(33(35)44)51(46,47)31-10-9-24(48-3)20-30(31)49-4/h7-10,13,20-23H,5-6,11-12,14-19H2,1-4H3,(H,39,45). The van der Waals surface area contributed by atoms with Gasteiger partial charge in [-0.1, -0.05) is 18.5 Å². The van der Waals surface area contributed by atoms with Gasteiger partial charge in [0.1, 0.15) is 22.2 Å². The molecule has 13 nitrogen and oxygen atoms in total. The number of hydrogen-bond donors (Lipinski definition) is 1. The van der Waals surface area contributed by atoms with E-state index in [0.29, 0.717) is 42.3 Å². The van der Waals surface area contributed by atoms with Gasteiger partial charge in [-0.2, -0.15) is 4.31 Å². The maximum atomic E-state index is 15.3. The number of carbonyl (C=O) groups excluding carboxylic acids is 2. The number of carbonyl (C=O) groups is 2. The summed E-state index contributed by atoms with van der Waals surface area (Å²) in [6.07, 6.45) is 3.55.